The van der Waals surface area contributed by atoms with Crippen molar-refractivity contribution in [2.75, 3.05) is 0 Å². The molecule has 0 saturated carbocycles. The molecule has 4 nitrogen and oxygen atoms in total. The van der Waals surface area contributed by atoms with Gasteiger partial charge in [-0.1, -0.05) is 168 Å². The highest BCUT2D eigenvalue weighted by atomic mass is 28.3. The van der Waals surface area contributed by atoms with E-state index in [2.05, 4.69) is 230 Å². The monoisotopic (exact) mass is 786 g/mol. The van der Waals surface area contributed by atoms with E-state index in [1.807, 2.05) is 0 Å². The lowest BCUT2D eigenvalue weighted by molar-refractivity contribution is 0.952. The van der Waals surface area contributed by atoms with Crippen LogP contribution in [0, 0.1) is 20.8 Å². The zero-order valence-corrected chi connectivity index (χ0v) is 34.8. The van der Waals surface area contributed by atoms with Crippen LogP contribution < -0.4 is 20.7 Å². The topological polar surface area (TPSA) is 35.6 Å². The second-order valence-corrected chi connectivity index (χ2v) is 19.9. The molecule has 11 aromatic rings. The van der Waals surface area contributed by atoms with Crippen molar-refractivity contribution in [3.05, 3.63) is 217 Å². The van der Waals surface area contributed by atoms with Crippen LogP contribution in [0.15, 0.2) is 200 Å². The van der Waals surface area contributed by atoms with E-state index in [0.29, 0.717) is 5.95 Å². The third-order valence-electron chi connectivity index (χ3n) is 12.2. The van der Waals surface area contributed by atoms with Gasteiger partial charge in [0.25, 0.3) is 0 Å². The minimum atomic E-state index is -2.84. The second kappa shape index (κ2) is 14.2. The summed E-state index contributed by atoms with van der Waals surface area (Å²) < 4.78 is 4.58. The normalized spacial score (nSPS) is 11.9. The highest BCUT2D eigenvalue weighted by molar-refractivity contribution is 7.19. The quantitative estimate of drug-likeness (QED) is 0.119. The summed E-state index contributed by atoms with van der Waals surface area (Å²) in [5.74, 6) is 1.46. The first kappa shape index (κ1) is 35.8. The lowest BCUT2D eigenvalue weighted by atomic mass is 10.1. The minimum absolute atomic E-state index is 0.635. The van der Waals surface area contributed by atoms with Crippen molar-refractivity contribution in [3.8, 4) is 23.0 Å². The van der Waals surface area contributed by atoms with Crippen molar-refractivity contribution in [1.29, 1.82) is 0 Å². The second-order valence-electron chi connectivity index (χ2n) is 16.1. The standard InChI is InChI=1S/C55H42N4Si/c1-37-27-29-52-47(33-37)45-23-13-15-25-50(45)58(52)54-36-49(56-55(57-54)59-51-26-16-14-24-46(51)48-34-38(2)28-30-53(48)59)40-31-39(3)32-44(35-40)60(41-17-7-4-8-18-41,42-19-9-5-10-20-42)43-21-11-6-12-22-43/h4-36H,1-3H3. The Hall–Kier alpha value is -7.34. The molecule has 0 atom stereocenters. The Bertz CT molecular complexity index is 3170. The van der Waals surface area contributed by atoms with E-state index in [1.54, 1.807) is 0 Å². The molecule has 0 aliphatic rings. The number of rotatable bonds is 7. The van der Waals surface area contributed by atoms with E-state index in [-0.39, 0.29) is 0 Å². The summed E-state index contributed by atoms with van der Waals surface area (Å²) in [6.45, 7) is 6.54. The molecule has 0 aliphatic carbocycles. The fourth-order valence-corrected chi connectivity index (χ4v) is 14.5. The smallest absolute Gasteiger partial charge is 0.237 e. The van der Waals surface area contributed by atoms with E-state index in [1.165, 1.54) is 59.0 Å². The van der Waals surface area contributed by atoms with Gasteiger partial charge >= 0.3 is 0 Å². The highest BCUT2D eigenvalue weighted by Gasteiger charge is 2.41. The van der Waals surface area contributed by atoms with Crippen LogP contribution in [0.25, 0.3) is 66.6 Å². The van der Waals surface area contributed by atoms with Crippen molar-refractivity contribution < 1.29 is 0 Å². The molecule has 0 amide bonds. The number of fused-ring (bicyclic) bond motifs is 6. The van der Waals surface area contributed by atoms with Gasteiger partial charge in [-0.15, -0.1) is 0 Å². The molecule has 5 heteroatoms. The van der Waals surface area contributed by atoms with Gasteiger partial charge in [0, 0.05) is 33.2 Å². The van der Waals surface area contributed by atoms with E-state index in [4.69, 9.17) is 9.97 Å². The molecular formula is C55H42N4Si. The number of nitrogens with zero attached hydrogens (tertiary/aromatic N) is 4. The number of para-hydroxylation sites is 2. The van der Waals surface area contributed by atoms with Gasteiger partial charge in [-0.05, 0) is 84.0 Å². The summed E-state index contributed by atoms with van der Waals surface area (Å²) in [7, 11) is -2.84. The first-order valence-corrected chi connectivity index (χ1v) is 22.7. The summed E-state index contributed by atoms with van der Waals surface area (Å²) >= 11 is 0. The molecule has 0 spiro atoms. The third kappa shape index (κ3) is 5.65. The molecule has 8 aromatic carbocycles. The van der Waals surface area contributed by atoms with Crippen molar-refractivity contribution in [3.63, 3.8) is 0 Å². The average molecular weight is 787 g/mol. The Morgan fingerprint density at radius 3 is 1.37 bits per heavy atom. The van der Waals surface area contributed by atoms with Gasteiger partial charge in [-0.25, -0.2) is 4.98 Å². The SMILES string of the molecule is Cc1cc(-c2cc(-n3c4ccccc4c4cc(C)ccc43)nc(-n3c4ccccc4c4cc(C)ccc43)n2)cc([Si](c2ccccc2)(c2ccccc2)c2ccccc2)c1. The van der Waals surface area contributed by atoms with Crippen molar-refractivity contribution in [2.45, 2.75) is 20.8 Å². The maximum Gasteiger partial charge on any atom is 0.237 e. The van der Waals surface area contributed by atoms with E-state index in [0.717, 1.165) is 39.1 Å². The molecule has 0 saturated heterocycles. The van der Waals surface area contributed by atoms with Gasteiger partial charge in [0.05, 0.1) is 27.8 Å². The molecule has 0 radical (unpaired) electrons. The van der Waals surface area contributed by atoms with Crippen LogP contribution in [-0.4, -0.2) is 27.2 Å². The summed E-state index contributed by atoms with van der Waals surface area (Å²) in [6.07, 6.45) is 0. The first-order chi connectivity index (χ1) is 29.5. The highest BCUT2D eigenvalue weighted by Crippen LogP contribution is 2.36. The lowest BCUT2D eigenvalue weighted by Crippen LogP contribution is -2.74. The summed E-state index contributed by atoms with van der Waals surface area (Å²) in [4.78, 5) is 11.1. The van der Waals surface area contributed by atoms with E-state index in [9.17, 15) is 0 Å². The zero-order valence-electron chi connectivity index (χ0n) is 33.8. The van der Waals surface area contributed by atoms with Crippen LogP contribution in [0.2, 0.25) is 0 Å². The van der Waals surface area contributed by atoms with Crippen LogP contribution in [0.3, 0.4) is 0 Å². The number of aromatic nitrogens is 4. The minimum Gasteiger partial charge on any atom is -0.294 e. The number of benzene rings is 8. The summed E-state index contributed by atoms with van der Waals surface area (Å²) in [5.41, 5.74) is 9.94. The van der Waals surface area contributed by atoms with Gasteiger partial charge in [-0.2, -0.15) is 4.98 Å². The lowest BCUT2D eigenvalue weighted by Gasteiger charge is -2.35. The summed E-state index contributed by atoms with van der Waals surface area (Å²) in [6, 6.07) is 73.4. The molecule has 60 heavy (non-hydrogen) atoms. The van der Waals surface area contributed by atoms with Gasteiger partial charge in [0.15, 0.2) is 8.07 Å². The van der Waals surface area contributed by atoms with Crippen LogP contribution in [0.1, 0.15) is 16.7 Å². The Morgan fingerprint density at radius 1 is 0.350 bits per heavy atom. The molecule has 0 unspecified atom stereocenters. The Morgan fingerprint density at radius 2 is 0.817 bits per heavy atom. The summed E-state index contributed by atoms with van der Waals surface area (Å²) in [5, 5.41) is 10.1. The van der Waals surface area contributed by atoms with Gasteiger partial charge in [0.2, 0.25) is 5.95 Å². The number of hydrogen-bond donors (Lipinski definition) is 0. The molecule has 3 aromatic heterocycles. The third-order valence-corrected chi connectivity index (χ3v) is 17.0. The fourth-order valence-electron chi connectivity index (χ4n) is 9.63. The van der Waals surface area contributed by atoms with Gasteiger partial charge < -0.3 is 0 Å². The molecule has 0 N–H and O–H groups in total. The molecular weight excluding hydrogens is 745 g/mol. The predicted octanol–water partition coefficient (Wildman–Crippen LogP) is 10.6. The first-order valence-electron chi connectivity index (χ1n) is 20.7. The maximum absolute atomic E-state index is 5.59. The number of aryl methyl sites for hydroxylation is 3. The van der Waals surface area contributed by atoms with Gasteiger partial charge in [-0.3, -0.25) is 9.13 Å². The van der Waals surface area contributed by atoms with Crippen LogP contribution in [0.4, 0.5) is 0 Å². The molecule has 11 rings (SSSR count). The van der Waals surface area contributed by atoms with Crippen molar-refractivity contribution >= 4 is 72.4 Å². The van der Waals surface area contributed by atoms with Crippen molar-refractivity contribution in [1.82, 2.24) is 19.1 Å². The molecule has 0 bridgehead atoms. The van der Waals surface area contributed by atoms with Crippen molar-refractivity contribution in [2.24, 2.45) is 0 Å². The Kier molecular flexibility index (Phi) is 8.46. The van der Waals surface area contributed by atoms with E-state index >= 15 is 0 Å². The zero-order chi connectivity index (χ0) is 40.4. The van der Waals surface area contributed by atoms with Crippen LogP contribution in [-0.2, 0) is 0 Å². The van der Waals surface area contributed by atoms with Crippen LogP contribution >= 0.6 is 0 Å². The molecule has 0 aliphatic heterocycles. The molecule has 0 fully saturated rings. The van der Waals surface area contributed by atoms with E-state index < -0.39 is 8.07 Å². The van der Waals surface area contributed by atoms with Gasteiger partial charge in [0.1, 0.15) is 5.82 Å². The fraction of sp³-hybridized carbons (Fsp3) is 0.0545. The Labute approximate surface area is 350 Å². The number of hydrogen-bond acceptors (Lipinski definition) is 2. The van der Waals surface area contributed by atoms with Crippen LogP contribution in [0.5, 0.6) is 0 Å². The Balaban J connectivity index is 1.24. The maximum atomic E-state index is 5.59. The predicted molar refractivity (Wildman–Crippen MR) is 254 cm³/mol. The average Bonchev–Trinajstić information content (AvgIpc) is 3.79. The largest absolute Gasteiger partial charge is 0.294 e. The molecule has 3 heterocycles. The molecule has 286 valence electrons.